The number of pyridine rings is 1. The molecule has 0 radical (unpaired) electrons. The molecule has 0 spiro atoms. The van der Waals surface area contributed by atoms with Crippen LogP contribution in [-0.2, 0) is 0 Å². The average Bonchev–Trinajstić information content (AvgIpc) is 2.47. The number of amides is 1. The fourth-order valence-corrected chi connectivity index (χ4v) is 1.98. The van der Waals surface area contributed by atoms with Gasteiger partial charge in [0.2, 0.25) is 0 Å². The molecule has 0 saturated heterocycles. The van der Waals surface area contributed by atoms with Gasteiger partial charge in [-0.15, -0.1) is 0 Å². The van der Waals surface area contributed by atoms with E-state index in [1.165, 1.54) is 0 Å². The van der Waals surface area contributed by atoms with Crippen LogP contribution in [0.15, 0.2) is 42.6 Å². The van der Waals surface area contributed by atoms with E-state index in [0.717, 1.165) is 11.3 Å². The van der Waals surface area contributed by atoms with Crippen LogP contribution in [0.1, 0.15) is 29.0 Å². The van der Waals surface area contributed by atoms with Crippen LogP contribution in [0.4, 0.5) is 5.69 Å². The molecule has 5 heteroatoms. The number of rotatable bonds is 4. The van der Waals surface area contributed by atoms with E-state index in [9.17, 15) is 4.79 Å². The molecule has 1 heterocycles. The Morgan fingerprint density at radius 3 is 2.60 bits per heavy atom. The Hall–Kier alpha value is -2.07. The third-order valence-corrected chi connectivity index (χ3v) is 3.22. The summed E-state index contributed by atoms with van der Waals surface area (Å²) in [6.45, 7) is 2.04. The lowest BCUT2D eigenvalue weighted by Gasteiger charge is -2.16. The van der Waals surface area contributed by atoms with Gasteiger partial charge in [0.25, 0.3) is 5.91 Å². The summed E-state index contributed by atoms with van der Waals surface area (Å²) in [6.07, 6.45) is 1.61. The summed E-state index contributed by atoms with van der Waals surface area (Å²) >= 11 is 5.88. The van der Waals surface area contributed by atoms with Gasteiger partial charge in [0.15, 0.2) is 0 Å². The molecule has 104 valence electrons. The molecule has 4 nitrogen and oxygen atoms in total. The molecule has 1 atom stereocenters. The molecule has 0 aliphatic heterocycles. The van der Waals surface area contributed by atoms with Gasteiger partial charge in [-0.25, -0.2) is 0 Å². The number of benzene rings is 1. The van der Waals surface area contributed by atoms with Gasteiger partial charge in [-0.1, -0.05) is 23.7 Å². The first-order valence-electron chi connectivity index (χ1n) is 6.30. The predicted octanol–water partition coefficient (Wildman–Crippen LogP) is 3.27. The van der Waals surface area contributed by atoms with Crippen LogP contribution in [0.3, 0.4) is 0 Å². The lowest BCUT2D eigenvalue weighted by molar-refractivity contribution is 0.0958. The zero-order valence-electron chi connectivity index (χ0n) is 11.4. The van der Waals surface area contributed by atoms with Crippen LogP contribution < -0.4 is 10.6 Å². The fourth-order valence-electron chi connectivity index (χ4n) is 1.86. The second-order valence-electron chi connectivity index (χ2n) is 4.43. The van der Waals surface area contributed by atoms with E-state index in [4.69, 9.17) is 11.6 Å². The number of carbonyl (C=O) groups is 1. The Morgan fingerprint density at radius 1 is 1.25 bits per heavy atom. The van der Waals surface area contributed by atoms with Crippen LogP contribution in [-0.4, -0.2) is 17.9 Å². The number of hydrogen-bond donors (Lipinski definition) is 2. The molecule has 2 N–H and O–H groups in total. The number of anilines is 1. The minimum Gasteiger partial charge on any atom is -0.378 e. The van der Waals surface area contributed by atoms with Crippen molar-refractivity contribution in [1.82, 2.24) is 10.3 Å². The molecular formula is C15H16ClN3O. The maximum Gasteiger partial charge on any atom is 0.269 e. The molecule has 0 aliphatic carbocycles. The lowest BCUT2D eigenvalue weighted by Crippen LogP contribution is -2.19. The standard InChI is InChI=1S/C15H16ClN3O/c1-10(11-3-5-12(16)6-4-11)19-13-7-8-18-14(9-13)15(20)17-2/h3-10H,1-2H3,(H,17,20)(H,18,19). The highest BCUT2D eigenvalue weighted by Crippen LogP contribution is 2.21. The number of carbonyl (C=O) groups excluding carboxylic acids is 1. The van der Waals surface area contributed by atoms with Gasteiger partial charge in [0.1, 0.15) is 5.69 Å². The molecule has 0 fully saturated rings. The number of halogens is 1. The second-order valence-corrected chi connectivity index (χ2v) is 4.86. The minimum atomic E-state index is -0.201. The first kappa shape index (κ1) is 14.3. The number of aromatic nitrogens is 1. The van der Waals surface area contributed by atoms with E-state index < -0.39 is 0 Å². The lowest BCUT2D eigenvalue weighted by atomic mass is 10.1. The minimum absolute atomic E-state index is 0.104. The van der Waals surface area contributed by atoms with Gasteiger partial charge in [-0.05, 0) is 36.8 Å². The Morgan fingerprint density at radius 2 is 1.95 bits per heavy atom. The highest BCUT2D eigenvalue weighted by atomic mass is 35.5. The number of hydrogen-bond acceptors (Lipinski definition) is 3. The summed E-state index contributed by atoms with van der Waals surface area (Å²) in [5, 5.41) is 6.60. The monoisotopic (exact) mass is 289 g/mol. The van der Waals surface area contributed by atoms with E-state index in [-0.39, 0.29) is 11.9 Å². The van der Waals surface area contributed by atoms with Crippen molar-refractivity contribution >= 4 is 23.2 Å². The van der Waals surface area contributed by atoms with E-state index in [2.05, 4.69) is 15.6 Å². The van der Waals surface area contributed by atoms with E-state index in [1.807, 2.05) is 37.3 Å². The smallest absolute Gasteiger partial charge is 0.269 e. The molecule has 2 aromatic rings. The maximum absolute atomic E-state index is 11.5. The summed E-state index contributed by atoms with van der Waals surface area (Å²) < 4.78 is 0. The Kier molecular flexibility index (Phi) is 4.58. The fraction of sp³-hybridized carbons (Fsp3) is 0.200. The van der Waals surface area contributed by atoms with Gasteiger partial charge >= 0.3 is 0 Å². The topological polar surface area (TPSA) is 54.0 Å². The summed E-state index contributed by atoms with van der Waals surface area (Å²) in [7, 11) is 1.58. The highest BCUT2D eigenvalue weighted by Gasteiger charge is 2.08. The Bertz CT molecular complexity index is 598. The van der Waals surface area contributed by atoms with Crippen LogP contribution in [0.25, 0.3) is 0 Å². The maximum atomic E-state index is 11.5. The van der Waals surface area contributed by atoms with Crippen molar-refractivity contribution in [2.75, 3.05) is 12.4 Å². The van der Waals surface area contributed by atoms with E-state index in [1.54, 1.807) is 19.3 Å². The van der Waals surface area contributed by atoms with Gasteiger partial charge in [-0.2, -0.15) is 0 Å². The van der Waals surface area contributed by atoms with Crippen molar-refractivity contribution in [3.8, 4) is 0 Å². The summed E-state index contributed by atoms with van der Waals surface area (Å²) in [6, 6.07) is 11.3. The molecule has 1 aromatic heterocycles. The SMILES string of the molecule is CNC(=O)c1cc(NC(C)c2ccc(Cl)cc2)ccn1. The normalized spacial score (nSPS) is 11.8. The predicted molar refractivity (Wildman–Crippen MR) is 81.1 cm³/mol. The third-order valence-electron chi connectivity index (χ3n) is 2.97. The van der Waals surface area contributed by atoms with E-state index in [0.29, 0.717) is 10.7 Å². The molecular weight excluding hydrogens is 274 g/mol. The van der Waals surface area contributed by atoms with Crippen LogP contribution >= 0.6 is 11.6 Å². The summed E-state index contributed by atoms with van der Waals surface area (Å²) in [5.74, 6) is -0.201. The van der Waals surface area contributed by atoms with Gasteiger partial charge in [-0.3, -0.25) is 9.78 Å². The molecule has 0 saturated carbocycles. The average molecular weight is 290 g/mol. The molecule has 1 aromatic carbocycles. The highest BCUT2D eigenvalue weighted by molar-refractivity contribution is 6.30. The zero-order chi connectivity index (χ0) is 14.5. The quantitative estimate of drug-likeness (QED) is 0.908. The Labute approximate surface area is 123 Å². The summed E-state index contributed by atoms with van der Waals surface area (Å²) in [4.78, 5) is 15.6. The molecule has 0 bridgehead atoms. The van der Waals surface area contributed by atoms with Crippen molar-refractivity contribution in [2.24, 2.45) is 0 Å². The van der Waals surface area contributed by atoms with Gasteiger partial charge < -0.3 is 10.6 Å². The molecule has 20 heavy (non-hydrogen) atoms. The summed E-state index contributed by atoms with van der Waals surface area (Å²) in [5.41, 5.74) is 2.36. The van der Waals surface area contributed by atoms with Crippen molar-refractivity contribution in [1.29, 1.82) is 0 Å². The van der Waals surface area contributed by atoms with Crippen LogP contribution in [0.2, 0.25) is 5.02 Å². The largest absolute Gasteiger partial charge is 0.378 e. The molecule has 1 amide bonds. The molecule has 0 aliphatic rings. The van der Waals surface area contributed by atoms with Crippen LogP contribution in [0, 0.1) is 0 Å². The molecule has 2 rings (SSSR count). The zero-order valence-corrected chi connectivity index (χ0v) is 12.1. The van der Waals surface area contributed by atoms with Gasteiger partial charge in [0.05, 0.1) is 0 Å². The molecule has 1 unspecified atom stereocenters. The number of nitrogens with one attached hydrogen (secondary N) is 2. The third kappa shape index (κ3) is 3.48. The van der Waals surface area contributed by atoms with Crippen molar-refractivity contribution in [3.05, 3.63) is 58.9 Å². The van der Waals surface area contributed by atoms with Gasteiger partial charge in [0, 0.05) is 30.0 Å². The van der Waals surface area contributed by atoms with Crippen molar-refractivity contribution in [3.63, 3.8) is 0 Å². The Balaban J connectivity index is 2.13. The van der Waals surface area contributed by atoms with Crippen molar-refractivity contribution in [2.45, 2.75) is 13.0 Å². The first-order chi connectivity index (χ1) is 9.60. The van der Waals surface area contributed by atoms with Crippen LogP contribution in [0.5, 0.6) is 0 Å². The van der Waals surface area contributed by atoms with Crippen molar-refractivity contribution < 1.29 is 4.79 Å². The second kappa shape index (κ2) is 6.39. The van der Waals surface area contributed by atoms with E-state index >= 15 is 0 Å². The first-order valence-corrected chi connectivity index (χ1v) is 6.68. The number of nitrogens with zero attached hydrogens (tertiary/aromatic N) is 1.